The summed E-state index contributed by atoms with van der Waals surface area (Å²) < 4.78 is 41.7. The molecule has 5 N–H and O–H groups in total. The van der Waals surface area contributed by atoms with E-state index >= 15 is 0 Å². The van der Waals surface area contributed by atoms with Crippen molar-refractivity contribution in [1.29, 1.82) is 0 Å². The Hall–Kier alpha value is -4.11. The monoisotopic (exact) mass is 1030 g/mol. The molecule has 0 saturated heterocycles. The predicted octanol–water partition coefficient (Wildman–Crippen LogP) is 5.19. The first kappa shape index (κ1) is 58.2. The second-order valence-corrected chi connectivity index (χ2v) is 22.0. The lowest BCUT2D eigenvalue weighted by Crippen LogP contribution is -2.52. The van der Waals surface area contributed by atoms with Crippen LogP contribution in [-0.2, 0) is 61.9 Å². The Labute approximate surface area is 431 Å². The van der Waals surface area contributed by atoms with E-state index in [0.29, 0.717) is 44.9 Å². The maximum Gasteiger partial charge on any atom is 0.332 e. The number of amides is 5. The Morgan fingerprint density at radius 2 is 0.644 bits per heavy atom. The molecule has 0 aromatic heterocycles. The second-order valence-electron chi connectivity index (χ2n) is 22.0. The molecule has 0 aliphatic heterocycles. The van der Waals surface area contributed by atoms with Crippen LogP contribution in [0.4, 0.5) is 0 Å². The van der Waals surface area contributed by atoms with Crippen LogP contribution in [0.3, 0.4) is 0 Å². The second kappa shape index (κ2) is 30.4. The molecule has 6 aliphatic carbocycles. The van der Waals surface area contributed by atoms with Crippen molar-refractivity contribution >= 4 is 35.5 Å². The summed E-state index contributed by atoms with van der Waals surface area (Å²) in [4.78, 5) is 81.1. The Bertz CT molecular complexity index is 1830. The van der Waals surface area contributed by atoms with Gasteiger partial charge in [-0.25, -0.2) is 4.79 Å². The topological polar surface area (TPSA) is 276 Å². The molecular weight excluding hydrogens is 945 g/mol. The zero-order chi connectivity index (χ0) is 52.0. The highest BCUT2D eigenvalue weighted by Crippen LogP contribution is 2.28. The molecule has 0 radical (unpaired) electrons. The molecule has 5 amide bonds. The van der Waals surface area contributed by atoms with E-state index in [1.54, 1.807) is 20.8 Å². The number of ether oxygens (including phenoxy) is 7. The van der Waals surface area contributed by atoms with Crippen LogP contribution in [0.25, 0.3) is 10.4 Å². The fourth-order valence-corrected chi connectivity index (χ4v) is 11.5. The number of esters is 1. The van der Waals surface area contributed by atoms with Crippen LogP contribution in [0.5, 0.6) is 0 Å². The standard InChI is InChI=1S/C52H86N8O13/c1-52(2,3)73-51(66)33-72-44-26-14-8-20-38(44)58-49(64)31-70-42-24-12-6-18-36(42)56-47(62)29-68-40-22-10-4-16-34(40)54-46(61)28-67-41-23-11-5-17-35(41)55-48(63)30-69-43-25-13-7-19-37(43)57-50(65)32-71-45-27-15-9-21-39(45)59-60-53/h34-45H,4-33H2,1-3H3,(H,54,61)(H,55,63)(H,56,62)(H,57,65)(H,58,64)/t34-,35-,36-,37-,38-,39-,40-,41-,42-,43-,44-,45-/m0/s1. The normalized spacial score (nSPS) is 30.9. The lowest BCUT2D eigenvalue weighted by atomic mass is 9.92. The molecule has 0 bridgehead atoms. The summed E-state index contributed by atoms with van der Waals surface area (Å²) in [5, 5.41) is 19.2. The van der Waals surface area contributed by atoms with Gasteiger partial charge in [0, 0.05) is 4.91 Å². The zero-order valence-corrected chi connectivity index (χ0v) is 43.8. The van der Waals surface area contributed by atoms with E-state index in [1.807, 2.05) is 0 Å². The minimum Gasteiger partial charge on any atom is -0.458 e. The smallest absolute Gasteiger partial charge is 0.332 e. The Morgan fingerprint density at radius 3 is 0.932 bits per heavy atom. The fourth-order valence-electron chi connectivity index (χ4n) is 11.5. The van der Waals surface area contributed by atoms with Crippen molar-refractivity contribution < 1.29 is 61.9 Å². The molecule has 21 nitrogen and oxygen atoms in total. The molecule has 6 saturated carbocycles. The van der Waals surface area contributed by atoms with E-state index < -0.39 is 11.6 Å². The highest BCUT2D eigenvalue weighted by Gasteiger charge is 2.35. The van der Waals surface area contributed by atoms with Gasteiger partial charge >= 0.3 is 5.97 Å². The molecule has 412 valence electrons. The highest BCUT2D eigenvalue weighted by molar-refractivity contribution is 5.79. The van der Waals surface area contributed by atoms with Gasteiger partial charge in [-0.2, -0.15) is 0 Å². The number of nitrogens with one attached hydrogen (secondary N) is 5. The lowest BCUT2D eigenvalue weighted by Gasteiger charge is -2.35. The van der Waals surface area contributed by atoms with E-state index in [0.717, 1.165) is 109 Å². The van der Waals surface area contributed by atoms with Gasteiger partial charge in [-0.05, 0) is 103 Å². The molecule has 0 aromatic carbocycles. The number of hydrogen-bond acceptors (Lipinski definition) is 14. The molecule has 6 rings (SSSR count). The van der Waals surface area contributed by atoms with Crippen LogP contribution in [-0.4, -0.2) is 154 Å². The minimum absolute atomic E-state index is 0.132. The quantitative estimate of drug-likeness (QED) is 0.0361. The van der Waals surface area contributed by atoms with Crippen molar-refractivity contribution in [2.75, 3.05) is 39.6 Å². The first-order valence-corrected chi connectivity index (χ1v) is 27.7. The Morgan fingerprint density at radius 1 is 0.397 bits per heavy atom. The van der Waals surface area contributed by atoms with Crippen LogP contribution in [0, 0.1) is 0 Å². The number of nitrogens with zero attached hydrogens (tertiary/aromatic N) is 3. The number of carbonyl (C=O) groups excluding carboxylic acids is 6. The van der Waals surface area contributed by atoms with Crippen LogP contribution in [0.15, 0.2) is 5.11 Å². The SMILES string of the molecule is CC(C)(C)OC(=O)CO[C@H]1CCCC[C@@H]1NC(=O)CO[C@H]1CCCC[C@@H]1NC(=O)CO[C@H]1CCCC[C@@H]1NC(=O)CO[C@H]1CCCC[C@@H]1NC(=O)CO[C@H]1CCCC[C@@H]1NC(=O)CO[C@H]1CCCC[C@@H]1N=[N+]=[N-]. The molecule has 6 fully saturated rings. The van der Waals surface area contributed by atoms with E-state index in [4.69, 9.17) is 38.7 Å². The van der Waals surface area contributed by atoms with Crippen LogP contribution < -0.4 is 26.6 Å². The average molecular weight is 1030 g/mol. The van der Waals surface area contributed by atoms with Crippen molar-refractivity contribution in [3.8, 4) is 0 Å². The van der Waals surface area contributed by atoms with Crippen molar-refractivity contribution in [3.63, 3.8) is 0 Å². The molecule has 0 aromatic rings. The number of rotatable bonds is 24. The van der Waals surface area contributed by atoms with E-state index in [1.165, 1.54) is 0 Å². The van der Waals surface area contributed by atoms with Gasteiger partial charge in [0.2, 0.25) is 29.5 Å². The van der Waals surface area contributed by atoms with E-state index in [2.05, 4.69) is 36.6 Å². The van der Waals surface area contributed by atoms with Crippen LogP contribution >= 0.6 is 0 Å². The maximum absolute atomic E-state index is 13.3. The van der Waals surface area contributed by atoms with Gasteiger partial charge in [-0.15, -0.1) is 0 Å². The first-order chi connectivity index (χ1) is 35.2. The summed E-state index contributed by atoms with van der Waals surface area (Å²) in [5.74, 6) is -1.81. The molecule has 12 atom stereocenters. The van der Waals surface area contributed by atoms with Crippen LogP contribution in [0.1, 0.15) is 175 Å². The van der Waals surface area contributed by atoms with Gasteiger partial charge in [0.1, 0.15) is 45.2 Å². The third kappa shape index (κ3) is 20.5. The summed E-state index contributed by atoms with van der Waals surface area (Å²) in [6.45, 7) is 4.42. The number of carbonyl (C=O) groups is 6. The van der Waals surface area contributed by atoms with Crippen LogP contribution in [0.2, 0.25) is 0 Å². The molecule has 73 heavy (non-hydrogen) atoms. The average Bonchev–Trinajstić information content (AvgIpc) is 3.36. The van der Waals surface area contributed by atoms with Gasteiger partial charge in [-0.1, -0.05) is 82.2 Å². The largest absolute Gasteiger partial charge is 0.458 e. The molecule has 0 heterocycles. The predicted molar refractivity (Wildman–Crippen MR) is 268 cm³/mol. The molecule has 21 heteroatoms. The fraction of sp³-hybridized carbons (Fsp3) is 0.885. The summed E-state index contributed by atoms with van der Waals surface area (Å²) in [6, 6.07) is -1.61. The van der Waals surface area contributed by atoms with Crippen molar-refractivity contribution in [2.45, 2.75) is 253 Å². The zero-order valence-electron chi connectivity index (χ0n) is 43.8. The van der Waals surface area contributed by atoms with Gasteiger partial charge < -0.3 is 59.7 Å². The minimum atomic E-state index is -0.609. The first-order valence-electron chi connectivity index (χ1n) is 27.7. The summed E-state index contributed by atoms with van der Waals surface area (Å²) >= 11 is 0. The van der Waals surface area contributed by atoms with Crippen molar-refractivity contribution in [3.05, 3.63) is 10.4 Å². The Kier molecular flexibility index (Phi) is 24.3. The van der Waals surface area contributed by atoms with E-state index in [9.17, 15) is 28.8 Å². The summed E-state index contributed by atoms with van der Waals surface area (Å²) in [5.41, 5.74) is 8.31. The molecule has 0 spiro atoms. The summed E-state index contributed by atoms with van der Waals surface area (Å²) in [6.07, 6.45) is 17.9. The molecule has 0 unspecified atom stereocenters. The van der Waals surface area contributed by atoms with E-state index in [-0.39, 0.29) is 142 Å². The lowest BCUT2D eigenvalue weighted by molar-refractivity contribution is -0.163. The highest BCUT2D eigenvalue weighted by atomic mass is 16.6. The molecule has 6 aliphatic rings. The third-order valence-corrected chi connectivity index (χ3v) is 15.1. The third-order valence-electron chi connectivity index (χ3n) is 15.1. The van der Waals surface area contributed by atoms with Gasteiger partial charge in [0.25, 0.3) is 0 Å². The number of hydrogen-bond donors (Lipinski definition) is 5. The van der Waals surface area contributed by atoms with Gasteiger partial charge in [-0.3, -0.25) is 24.0 Å². The van der Waals surface area contributed by atoms with Crippen molar-refractivity contribution in [1.82, 2.24) is 26.6 Å². The number of azide groups is 1. The van der Waals surface area contributed by atoms with Gasteiger partial charge in [0.05, 0.1) is 72.9 Å². The molecular formula is C52H86N8O13. The van der Waals surface area contributed by atoms with Crippen molar-refractivity contribution in [2.24, 2.45) is 5.11 Å². The van der Waals surface area contributed by atoms with Gasteiger partial charge in [0.15, 0.2) is 0 Å². The Balaban J connectivity index is 0.875. The summed E-state index contributed by atoms with van der Waals surface area (Å²) in [7, 11) is 0. The maximum atomic E-state index is 13.3.